The van der Waals surface area contributed by atoms with Crippen molar-refractivity contribution in [1.82, 2.24) is 0 Å². The molecule has 2 aromatic rings. The van der Waals surface area contributed by atoms with Crippen LogP contribution in [0, 0.1) is 0 Å². The maximum atomic E-state index is 12.8. The number of anilines is 2. The first-order chi connectivity index (χ1) is 13.6. The maximum Gasteiger partial charge on any atom is 0.244 e. The fourth-order valence-electron chi connectivity index (χ4n) is 3.33. The van der Waals surface area contributed by atoms with Crippen molar-refractivity contribution in [3.8, 4) is 0 Å². The van der Waals surface area contributed by atoms with Gasteiger partial charge in [-0.2, -0.15) is 0 Å². The van der Waals surface area contributed by atoms with E-state index in [0.29, 0.717) is 11.3 Å². The van der Waals surface area contributed by atoms with Crippen molar-refractivity contribution >= 4 is 29.0 Å². The minimum atomic E-state index is -0.311. The molecule has 0 saturated carbocycles. The summed E-state index contributed by atoms with van der Waals surface area (Å²) < 4.78 is 0. The van der Waals surface area contributed by atoms with Crippen LogP contribution in [0.25, 0.3) is 0 Å². The molecule has 0 aliphatic heterocycles. The van der Waals surface area contributed by atoms with E-state index in [-0.39, 0.29) is 36.0 Å². The molecule has 0 heterocycles. The summed E-state index contributed by atoms with van der Waals surface area (Å²) in [5.41, 5.74) is 3.96. The molecule has 5 nitrogen and oxygen atoms in total. The molecule has 2 amide bonds. The first-order valence-corrected chi connectivity index (χ1v) is 9.93. The van der Waals surface area contributed by atoms with Crippen LogP contribution in [0.5, 0.6) is 0 Å². The molecular formula is C24H30N2O3. The molecule has 0 aliphatic rings. The zero-order chi connectivity index (χ0) is 21.7. The average Bonchev–Trinajstić information content (AvgIpc) is 2.65. The molecule has 0 atom stereocenters. The van der Waals surface area contributed by atoms with E-state index < -0.39 is 0 Å². The number of hydrogen-bond acceptors (Lipinski definition) is 3. The van der Waals surface area contributed by atoms with Crippen molar-refractivity contribution in [2.24, 2.45) is 0 Å². The molecule has 154 valence electrons. The molecule has 0 bridgehead atoms. The smallest absolute Gasteiger partial charge is 0.244 e. The number of para-hydroxylation sites is 1. The quantitative estimate of drug-likeness (QED) is 0.662. The van der Waals surface area contributed by atoms with Crippen molar-refractivity contribution in [2.45, 2.75) is 53.4 Å². The van der Waals surface area contributed by atoms with E-state index >= 15 is 0 Å². The molecule has 0 unspecified atom stereocenters. The number of nitrogens with zero attached hydrogens (tertiary/aromatic N) is 1. The van der Waals surface area contributed by atoms with Gasteiger partial charge in [-0.15, -0.1) is 0 Å². The highest BCUT2D eigenvalue weighted by Crippen LogP contribution is 2.35. The highest BCUT2D eigenvalue weighted by Gasteiger charge is 2.24. The Hall–Kier alpha value is -2.95. The van der Waals surface area contributed by atoms with Gasteiger partial charge < -0.3 is 10.2 Å². The fraction of sp³-hybridized carbons (Fsp3) is 0.375. The molecule has 0 saturated heterocycles. The Morgan fingerprint density at radius 3 is 1.93 bits per heavy atom. The van der Waals surface area contributed by atoms with Crippen LogP contribution in [-0.4, -0.2) is 24.1 Å². The highest BCUT2D eigenvalue weighted by molar-refractivity contribution is 6.03. The largest absolute Gasteiger partial charge is 0.325 e. The van der Waals surface area contributed by atoms with E-state index in [4.69, 9.17) is 0 Å². The fourth-order valence-corrected chi connectivity index (χ4v) is 3.33. The van der Waals surface area contributed by atoms with Crippen molar-refractivity contribution in [3.63, 3.8) is 0 Å². The molecule has 0 aliphatic carbocycles. The lowest BCUT2D eigenvalue weighted by atomic mass is 9.91. The minimum absolute atomic E-state index is 0.0705. The number of ketones is 1. The lowest BCUT2D eigenvalue weighted by Crippen LogP contribution is -2.38. The number of amides is 2. The van der Waals surface area contributed by atoms with Gasteiger partial charge in [0.05, 0.1) is 5.69 Å². The van der Waals surface area contributed by atoms with E-state index in [1.54, 1.807) is 29.2 Å². The topological polar surface area (TPSA) is 66.5 Å². The Kier molecular flexibility index (Phi) is 7.32. The molecule has 5 heteroatoms. The van der Waals surface area contributed by atoms with Gasteiger partial charge in [0.15, 0.2) is 5.78 Å². The SMILES string of the molecule is CC(=O)c1cccc(NC(=O)CN(C(C)=O)c2c(C(C)C)cccc2C(C)C)c1. The lowest BCUT2D eigenvalue weighted by molar-refractivity contribution is -0.120. The number of nitrogens with one attached hydrogen (secondary N) is 1. The molecule has 0 radical (unpaired) electrons. The van der Waals surface area contributed by atoms with Crippen LogP contribution in [0.2, 0.25) is 0 Å². The third-order valence-corrected chi connectivity index (χ3v) is 4.85. The Morgan fingerprint density at radius 2 is 1.45 bits per heavy atom. The average molecular weight is 395 g/mol. The van der Waals surface area contributed by atoms with E-state index in [1.807, 2.05) is 18.2 Å². The Labute approximate surface area is 173 Å². The Balaban J connectivity index is 2.36. The number of carbonyl (C=O) groups is 3. The van der Waals surface area contributed by atoms with Crippen LogP contribution >= 0.6 is 0 Å². The monoisotopic (exact) mass is 394 g/mol. The van der Waals surface area contributed by atoms with E-state index in [2.05, 4.69) is 33.0 Å². The van der Waals surface area contributed by atoms with Gasteiger partial charge in [0.2, 0.25) is 11.8 Å². The first-order valence-electron chi connectivity index (χ1n) is 9.93. The molecule has 1 N–H and O–H groups in total. The van der Waals surface area contributed by atoms with Crippen LogP contribution in [0.4, 0.5) is 11.4 Å². The van der Waals surface area contributed by atoms with E-state index in [1.165, 1.54) is 13.8 Å². The Bertz CT molecular complexity index is 890. The minimum Gasteiger partial charge on any atom is -0.325 e. The van der Waals surface area contributed by atoms with Crippen LogP contribution < -0.4 is 10.2 Å². The Morgan fingerprint density at radius 1 is 0.897 bits per heavy atom. The predicted molar refractivity (Wildman–Crippen MR) is 118 cm³/mol. The summed E-state index contributed by atoms with van der Waals surface area (Å²) in [5.74, 6) is -0.151. The molecule has 0 aromatic heterocycles. The summed E-state index contributed by atoms with van der Waals surface area (Å²) in [7, 11) is 0. The summed E-state index contributed by atoms with van der Waals surface area (Å²) >= 11 is 0. The molecule has 2 rings (SSSR count). The molecule has 0 fully saturated rings. The summed E-state index contributed by atoms with van der Waals surface area (Å²) in [5, 5.41) is 2.80. The number of benzene rings is 2. The number of Topliss-reactive ketones (excluding diaryl/α,β-unsaturated/α-hetero) is 1. The van der Waals surface area contributed by atoms with Gasteiger partial charge >= 0.3 is 0 Å². The summed E-state index contributed by atoms with van der Waals surface area (Å²) in [6, 6.07) is 12.8. The second kappa shape index (κ2) is 9.50. The van der Waals surface area contributed by atoms with Crippen LogP contribution in [0.15, 0.2) is 42.5 Å². The van der Waals surface area contributed by atoms with E-state index in [0.717, 1.165) is 16.8 Å². The second-order valence-electron chi connectivity index (χ2n) is 7.88. The number of rotatable bonds is 7. The molecule has 0 spiro atoms. The van der Waals surface area contributed by atoms with Gasteiger partial charge in [0.1, 0.15) is 6.54 Å². The maximum absolute atomic E-state index is 12.8. The lowest BCUT2D eigenvalue weighted by Gasteiger charge is -2.29. The van der Waals surface area contributed by atoms with Gasteiger partial charge in [-0.05, 0) is 42.0 Å². The summed E-state index contributed by atoms with van der Waals surface area (Å²) in [4.78, 5) is 38.4. The van der Waals surface area contributed by atoms with Crippen molar-refractivity contribution in [1.29, 1.82) is 0 Å². The van der Waals surface area contributed by atoms with Crippen molar-refractivity contribution < 1.29 is 14.4 Å². The van der Waals surface area contributed by atoms with Gasteiger partial charge in [0, 0.05) is 18.2 Å². The van der Waals surface area contributed by atoms with Gasteiger partial charge in [-0.3, -0.25) is 14.4 Å². The standard InChI is InChI=1S/C24H30N2O3/c1-15(2)21-11-8-12-22(16(3)4)24(21)26(18(6)28)14-23(29)25-20-10-7-9-19(13-20)17(5)27/h7-13,15-16H,14H2,1-6H3,(H,25,29). The zero-order valence-corrected chi connectivity index (χ0v) is 18.1. The predicted octanol–water partition coefficient (Wildman–Crippen LogP) is 5.13. The normalized spacial score (nSPS) is 10.9. The van der Waals surface area contributed by atoms with Crippen LogP contribution in [0.1, 0.15) is 74.9 Å². The number of hydrogen-bond donors (Lipinski definition) is 1. The number of carbonyl (C=O) groups excluding carboxylic acids is 3. The molecule has 2 aromatic carbocycles. The molecular weight excluding hydrogens is 364 g/mol. The third-order valence-electron chi connectivity index (χ3n) is 4.85. The summed E-state index contributed by atoms with van der Waals surface area (Å²) in [6.45, 7) is 11.2. The molecule has 29 heavy (non-hydrogen) atoms. The first kappa shape index (κ1) is 22.3. The third kappa shape index (κ3) is 5.53. The van der Waals surface area contributed by atoms with Gasteiger partial charge in [-0.1, -0.05) is 58.0 Å². The zero-order valence-electron chi connectivity index (χ0n) is 18.1. The second-order valence-corrected chi connectivity index (χ2v) is 7.88. The van der Waals surface area contributed by atoms with Crippen molar-refractivity contribution in [2.75, 3.05) is 16.8 Å². The van der Waals surface area contributed by atoms with Crippen LogP contribution in [0.3, 0.4) is 0 Å². The van der Waals surface area contributed by atoms with Crippen LogP contribution in [-0.2, 0) is 9.59 Å². The highest BCUT2D eigenvalue weighted by atomic mass is 16.2. The summed E-state index contributed by atoms with van der Waals surface area (Å²) in [6.07, 6.45) is 0. The van der Waals surface area contributed by atoms with Crippen molar-refractivity contribution in [3.05, 3.63) is 59.2 Å². The van der Waals surface area contributed by atoms with Gasteiger partial charge in [0.25, 0.3) is 0 Å². The van der Waals surface area contributed by atoms with E-state index in [9.17, 15) is 14.4 Å². The van der Waals surface area contributed by atoms with Gasteiger partial charge in [-0.25, -0.2) is 0 Å².